The molecule has 1 aliphatic rings. The summed E-state index contributed by atoms with van der Waals surface area (Å²) < 4.78 is 12.7. The summed E-state index contributed by atoms with van der Waals surface area (Å²) in [5.74, 6) is -0.551. The summed E-state index contributed by atoms with van der Waals surface area (Å²) in [6.07, 6.45) is 8.90. The van der Waals surface area contributed by atoms with E-state index in [2.05, 4.69) is 4.98 Å². The molecule has 0 spiro atoms. The van der Waals surface area contributed by atoms with Crippen molar-refractivity contribution in [2.75, 3.05) is 20.8 Å². The number of hydrogen-bond donors (Lipinski definition) is 1. The first kappa shape index (κ1) is 23.8. The largest absolute Gasteiger partial charge is 0.503 e. The summed E-state index contributed by atoms with van der Waals surface area (Å²) in [6, 6.07) is 13.8. The molecule has 0 bridgehead atoms. The molecule has 1 atom stereocenters. The predicted octanol–water partition coefficient (Wildman–Crippen LogP) is 3.97. The molecular formula is C27H27N3O5. The summed E-state index contributed by atoms with van der Waals surface area (Å²) in [6.45, 7) is 0.972. The van der Waals surface area contributed by atoms with E-state index in [1.54, 1.807) is 36.8 Å². The number of ketones is 1. The van der Waals surface area contributed by atoms with Gasteiger partial charge < -0.3 is 24.0 Å². The summed E-state index contributed by atoms with van der Waals surface area (Å²) in [7, 11) is 3.06. The number of carbonyl (C=O) groups is 2. The Bertz CT molecular complexity index is 1250. The Labute approximate surface area is 203 Å². The minimum Gasteiger partial charge on any atom is -0.503 e. The highest BCUT2D eigenvalue weighted by molar-refractivity contribution is 6.14. The van der Waals surface area contributed by atoms with Gasteiger partial charge in [-0.15, -0.1) is 0 Å². The molecular weight excluding hydrogens is 446 g/mol. The quantitative estimate of drug-likeness (QED) is 0.448. The van der Waals surface area contributed by atoms with Crippen LogP contribution in [0.5, 0.6) is 11.5 Å². The molecule has 0 aliphatic carbocycles. The van der Waals surface area contributed by atoms with Gasteiger partial charge in [0, 0.05) is 25.5 Å². The maximum Gasteiger partial charge on any atom is 0.290 e. The van der Waals surface area contributed by atoms with Gasteiger partial charge in [-0.1, -0.05) is 42.5 Å². The Morgan fingerprint density at radius 2 is 1.86 bits per heavy atom. The molecule has 0 saturated heterocycles. The average molecular weight is 474 g/mol. The number of rotatable bonds is 10. The van der Waals surface area contributed by atoms with Gasteiger partial charge in [-0.05, 0) is 35.8 Å². The number of ether oxygens (including phenoxy) is 2. The van der Waals surface area contributed by atoms with Gasteiger partial charge in [-0.2, -0.15) is 0 Å². The molecule has 1 N–H and O–H groups in total. The van der Waals surface area contributed by atoms with Crippen LogP contribution in [0.3, 0.4) is 0 Å². The number of methoxy groups -OCH3 is 2. The van der Waals surface area contributed by atoms with Crippen LogP contribution in [0.2, 0.25) is 0 Å². The Morgan fingerprint density at radius 1 is 1.09 bits per heavy atom. The first-order valence-corrected chi connectivity index (χ1v) is 11.2. The SMILES string of the molecule is COc1ccc(C2C(C(=O)C=Cc3ccccc3)=C(O)C(=O)N2CCCn2ccnc2)cc1OC. The van der Waals surface area contributed by atoms with Gasteiger partial charge in [0.25, 0.3) is 5.91 Å². The molecule has 0 fully saturated rings. The van der Waals surface area contributed by atoms with E-state index in [-0.39, 0.29) is 5.57 Å². The number of carbonyl (C=O) groups excluding carboxylic acids is 2. The Balaban J connectivity index is 1.67. The average Bonchev–Trinajstić information content (AvgIpc) is 3.49. The third kappa shape index (κ3) is 5.11. The third-order valence-electron chi connectivity index (χ3n) is 5.89. The number of hydrogen-bond acceptors (Lipinski definition) is 6. The fraction of sp³-hybridized carbons (Fsp3) is 0.222. The van der Waals surface area contributed by atoms with Gasteiger partial charge in [0.15, 0.2) is 23.0 Å². The second-order valence-electron chi connectivity index (χ2n) is 8.04. The van der Waals surface area contributed by atoms with Crippen molar-refractivity contribution in [2.24, 2.45) is 0 Å². The van der Waals surface area contributed by atoms with Crippen molar-refractivity contribution < 1.29 is 24.2 Å². The van der Waals surface area contributed by atoms with Crippen molar-refractivity contribution in [1.29, 1.82) is 0 Å². The normalized spacial score (nSPS) is 15.8. The van der Waals surface area contributed by atoms with E-state index in [1.165, 1.54) is 25.2 Å². The molecule has 2 aromatic carbocycles. The molecule has 35 heavy (non-hydrogen) atoms. The van der Waals surface area contributed by atoms with Crippen molar-refractivity contribution in [1.82, 2.24) is 14.5 Å². The Morgan fingerprint density at radius 3 is 2.54 bits per heavy atom. The lowest BCUT2D eigenvalue weighted by molar-refractivity contribution is -0.129. The standard InChI is InChI=1S/C27H27N3O5/c1-34-22-12-10-20(17-23(22)35-2)25-24(21(31)11-9-19-7-4-3-5-8-19)26(32)27(33)30(25)15-6-14-29-16-13-28-18-29/h3-5,7-13,16-18,25,32H,6,14-15H2,1-2H3. The smallest absolute Gasteiger partial charge is 0.290 e. The lowest BCUT2D eigenvalue weighted by Crippen LogP contribution is -2.32. The molecule has 2 heterocycles. The van der Waals surface area contributed by atoms with E-state index in [0.29, 0.717) is 36.6 Å². The topological polar surface area (TPSA) is 93.9 Å². The number of aromatic nitrogens is 2. The van der Waals surface area contributed by atoms with Crippen molar-refractivity contribution >= 4 is 17.8 Å². The lowest BCUT2D eigenvalue weighted by Gasteiger charge is -2.27. The van der Waals surface area contributed by atoms with Crippen LogP contribution in [0.15, 0.2) is 84.7 Å². The van der Waals surface area contributed by atoms with Crippen LogP contribution in [0.1, 0.15) is 23.6 Å². The van der Waals surface area contributed by atoms with Crippen LogP contribution in [-0.2, 0) is 16.1 Å². The first-order valence-electron chi connectivity index (χ1n) is 11.2. The van der Waals surface area contributed by atoms with E-state index >= 15 is 0 Å². The van der Waals surface area contributed by atoms with Crippen molar-refractivity contribution in [3.63, 3.8) is 0 Å². The summed E-state index contributed by atoms with van der Waals surface area (Å²) in [5.41, 5.74) is 1.52. The molecule has 1 aliphatic heterocycles. The van der Waals surface area contributed by atoms with Crippen LogP contribution in [0.25, 0.3) is 6.08 Å². The zero-order valence-corrected chi connectivity index (χ0v) is 19.6. The number of aryl methyl sites for hydroxylation is 1. The van der Waals surface area contributed by atoms with Gasteiger partial charge in [-0.3, -0.25) is 9.59 Å². The molecule has 3 aromatic rings. The number of benzene rings is 2. The summed E-state index contributed by atoms with van der Waals surface area (Å²) >= 11 is 0. The monoisotopic (exact) mass is 473 g/mol. The molecule has 0 saturated carbocycles. The summed E-state index contributed by atoms with van der Waals surface area (Å²) in [5, 5.41) is 10.8. The molecule has 1 unspecified atom stereocenters. The van der Waals surface area contributed by atoms with Gasteiger partial charge in [-0.25, -0.2) is 4.98 Å². The van der Waals surface area contributed by atoms with Crippen molar-refractivity contribution in [2.45, 2.75) is 19.0 Å². The maximum atomic E-state index is 13.3. The molecule has 1 aromatic heterocycles. The number of aliphatic hydroxyl groups is 1. The highest BCUT2D eigenvalue weighted by Crippen LogP contribution is 2.41. The minimum atomic E-state index is -0.766. The van der Waals surface area contributed by atoms with Gasteiger partial charge in [0.2, 0.25) is 0 Å². The second kappa shape index (κ2) is 10.7. The van der Waals surface area contributed by atoms with E-state index in [0.717, 1.165) is 5.56 Å². The Hall–Kier alpha value is -4.33. The fourth-order valence-corrected chi connectivity index (χ4v) is 4.17. The Kier molecular flexibility index (Phi) is 7.30. The molecule has 4 rings (SSSR count). The van der Waals surface area contributed by atoms with Gasteiger partial charge >= 0.3 is 0 Å². The molecule has 8 heteroatoms. The van der Waals surface area contributed by atoms with Crippen LogP contribution in [0.4, 0.5) is 0 Å². The first-order chi connectivity index (χ1) is 17.0. The van der Waals surface area contributed by atoms with Crippen LogP contribution in [-0.4, -0.2) is 52.0 Å². The van der Waals surface area contributed by atoms with Crippen LogP contribution >= 0.6 is 0 Å². The summed E-state index contributed by atoms with van der Waals surface area (Å²) in [4.78, 5) is 32.0. The van der Waals surface area contributed by atoms with E-state index in [9.17, 15) is 14.7 Å². The number of amides is 1. The molecule has 180 valence electrons. The number of imidazole rings is 1. The van der Waals surface area contributed by atoms with E-state index < -0.39 is 23.5 Å². The van der Waals surface area contributed by atoms with E-state index in [1.807, 2.05) is 41.1 Å². The van der Waals surface area contributed by atoms with Gasteiger partial charge in [0.1, 0.15) is 0 Å². The molecule has 0 radical (unpaired) electrons. The number of aliphatic hydroxyl groups excluding tert-OH is 1. The van der Waals surface area contributed by atoms with Crippen LogP contribution in [0, 0.1) is 0 Å². The van der Waals surface area contributed by atoms with E-state index in [4.69, 9.17) is 9.47 Å². The van der Waals surface area contributed by atoms with Crippen molar-refractivity contribution in [3.8, 4) is 11.5 Å². The van der Waals surface area contributed by atoms with Crippen LogP contribution < -0.4 is 9.47 Å². The van der Waals surface area contributed by atoms with Crippen molar-refractivity contribution in [3.05, 3.63) is 95.8 Å². The van der Waals surface area contributed by atoms with Gasteiger partial charge in [0.05, 0.1) is 32.2 Å². The lowest BCUT2D eigenvalue weighted by atomic mass is 9.95. The maximum absolute atomic E-state index is 13.3. The zero-order chi connectivity index (χ0) is 24.8. The second-order valence-corrected chi connectivity index (χ2v) is 8.04. The number of allylic oxidation sites excluding steroid dienone is 1. The predicted molar refractivity (Wildman–Crippen MR) is 131 cm³/mol. The third-order valence-corrected chi connectivity index (χ3v) is 5.89. The molecule has 1 amide bonds. The fourth-order valence-electron chi connectivity index (χ4n) is 4.17. The highest BCUT2D eigenvalue weighted by Gasteiger charge is 2.42. The zero-order valence-electron chi connectivity index (χ0n) is 19.6. The number of nitrogens with zero attached hydrogens (tertiary/aromatic N) is 3. The minimum absolute atomic E-state index is 0.0389. The molecule has 8 nitrogen and oxygen atoms in total. The highest BCUT2D eigenvalue weighted by atomic mass is 16.5.